The van der Waals surface area contributed by atoms with Gasteiger partial charge in [-0.05, 0) is 43.2 Å². The molecule has 0 saturated heterocycles. The minimum atomic E-state index is -0.549. The first-order valence-corrected chi connectivity index (χ1v) is 9.95. The van der Waals surface area contributed by atoms with Crippen LogP contribution in [0.3, 0.4) is 0 Å². The number of halogens is 1. The molecule has 1 aliphatic heterocycles. The van der Waals surface area contributed by atoms with E-state index in [9.17, 15) is 9.59 Å². The highest BCUT2D eigenvalue weighted by molar-refractivity contribution is 7.18. The third kappa shape index (κ3) is 3.19. The molecule has 1 aliphatic rings. The smallest absolute Gasteiger partial charge is 0.226 e. The predicted molar refractivity (Wildman–Crippen MR) is 107 cm³/mol. The van der Waals surface area contributed by atoms with Gasteiger partial charge in [-0.3, -0.25) is 9.59 Å². The molecule has 0 aliphatic carbocycles. The lowest BCUT2D eigenvalue weighted by Gasteiger charge is -2.22. The number of carbonyl (C=O) groups excluding carboxylic acids is 2. The quantitative estimate of drug-likeness (QED) is 0.643. The van der Waals surface area contributed by atoms with Gasteiger partial charge in [0, 0.05) is 12.0 Å². The second-order valence-corrected chi connectivity index (χ2v) is 8.27. The summed E-state index contributed by atoms with van der Waals surface area (Å²) in [6, 6.07) is 11.4. The molecule has 4 rings (SSSR count). The second kappa shape index (κ2) is 6.94. The van der Waals surface area contributed by atoms with E-state index in [-0.39, 0.29) is 18.1 Å². The van der Waals surface area contributed by atoms with Crippen LogP contribution >= 0.6 is 22.9 Å². The number of aromatic nitrogens is 2. The Morgan fingerprint density at radius 3 is 2.89 bits per heavy atom. The third-order valence-corrected chi connectivity index (χ3v) is 6.04. The van der Waals surface area contributed by atoms with Crippen molar-refractivity contribution in [1.29, 1.82) is 0 Å². The fourth-order valence-corrected chi connectivity index (χ4v) is 4.52. The lowest BCUT2D eigenvalue weighted by atomic mass is 9.87. The van der Waals surface area contributed by atoms with E-state index in [0.29, 0.717) is 15.0 Å². The summed E-state index contributed by atoms with van der Waals surface area (Å²) in [4.78, 5) is 26.0. The van der Waals surface area contributed by atoms with Crippen molar-refractivity contribution in [3.8, 4) is 5.69 Å². The molecule has 1 atom stereocenters. The summed E-state index contributed by atoms with van der Waals surface area (Å²) in [5.74, 6) is -0.242. The summed E-state index contributed by atoms with van der Waals surface area (Å²) in [6.07, 6.45) is 1.02. The highest BCUT2D eigenvalue weighted by Gasteiger charge is 2.36. The van der Waals surface area contributed by atoms with Crippen molar-refractivity contribution in [2.24, 2.45) is 0 Å². The van der Waals surface area contributed by atoms with Gasteiger partial charge < -0.3 is 5.32 Å². The molecule has 0 bridgehead atoms. The van der Waals surface area contributed by atoms with Gasteiger partial charge in [0.15, 0.2) is 5.78 Å². The number of aryl methyl sites for hydroxylation is 2. The highest BCUT2D eigenvalue weighted by atomic mass is 35.5. The summed E-state index contributed by atoms with van der Waals surface area (Å²) in [5, 5.41) is 7.54. The molecule has 0 unspecified atom stereocenters. The molecule has 2 aromatic heterocycles. The monoisotopic (exact) mass is 399 g/mol. The van der Waals surface area contributed by atoms with E-state index in [0.717, 1.165) is 23.4 Å². The number of hydrogen-bond acceptors (Lipinski definition) is 4. The molecule has 0 fully saturated rings. The van der Waals surface area contributed by atoms with Crippen LogP contribution in [0.15, 0.2) is 36.4 Å². The summed E-state index contributed by atoms with van der Waals surface area (Å²) in [5.41, 5.74) is 3.57. The lowest BCUT2D eigenvalue weighted by Crippen LogP contribution is -2.28. The zero-order valence-corrected chi connectivity index (χ0v) is 16.5. The van der Waals surface area contributed by atoms with Gasteiger partial charge in [0.25, 0.3) is 0 Å². The van der Waals surface area contributed by atoms with Crippen molar-refractivity contribution in [3.05, 3.63) is 62.4 Å². The maximum Gasteiger partial charge on any atom is 0.226 e. The minimum absolute atomic E-state index is 0.0899. The first-order valence-electron chi connectivity index (χ1n) is 8.76. The fourth-order valence-electron chi connectivity index (χ4n) is 3.48. The molecule has 0 spiro atoms. The molecule has 5 nitrogen and oxygen atoms in total. The van der Waals surface area contributed by atoms with Crippen LogP contribution in [0.5, 0.6) is 0 Å². The van der Waals surface area contributed by atoms with Crippen molar-refractivity contribution in [2.45, 2.75) is 32.6 Å². The van der Waals surface area contributed by atoms with Crippen molar-refractivity contribution >= 4 is 40.4 Å². The van der Waals surface area contributed by atoms with E-state index in [1.165, 1.54) is 16.9 Å². The maximum absolute atomic E-state index is 13.1. The van der Waals surface area contributed by atoms with Gasteiger partial charge in [-0.15, -0.1) is 11.3 Å². The van der Waals surface area contributed by atoms with Gasteiger partial charge in [0.2, 0.25) is 5.91 Å². The van der Waals surface area contributed by atoms with Crippen LogP contribution in [0.2, 0.25) is 4.34 Å². The Bertz CT molecular complexity index is 1050. The van der Waals surface area contributed by atoms with Gasteiger partial charge >= 0.3 is 0 Å². The number of fused-ring (bicyclic) bond motifs is 1. The molecule has 0 saturated carbocycles. The zero-order chi connectivity index (χ0) is 19.1. The van der Waals surface area contributed by atoms with E-state index < -0.39 is 5.92 Å². The van der Waals surface area contributed by atoms with E-state index >= 15 is 0 Å². The van der Waals surface area contributed by atoms with Crippen molar-refractivity contribution in [2.75, 3.05) is 5.32 Å². The molecular weight excluding hydrogens is 382 g/mol. The SMILES string of the molecule is CCc1cccc(-n2nc(C)c3c2NC(=O)C[C@H]3C(=O)c2ccc(Cl)s2)c1. The van der Waals surface area contributed by atoms with Crippen molar-refractivity contribution < 1.29 is 9.59 Å². The first-order chi connectivity index (χ1) is 13.0. The van der Waals surface area contributed by atoms with Crippen molar-refractivity contribution in [3.63, 3.8) is 0 Å². The average Bonchev–Trinajstić information content (AvgIpc) is 3.24. The molecular formula is C20H18ClN3O2S. The highest BCUT2D eigenvalue weighted by Crippen LogP contribution is 2.39. The lowest BCUT2D eigenvalue weighted by molar-refractivity contribution is -0.116. The minimum Gasteiger partial charge on any atom is -0.310 e. The van der Waals surface area contributed by atoms with E-state index in [1.54, 1.807) is 16.8 Å². The molecule has 3 heterocycles. The Labute approximate surface area is 166 Å². The number of thiophene rings is 1. The largest absolute Gasteiger partial charge is 0.310 e. The van der Waals surface area contributed by atoms with E-state index in [1.807, 2.05) is 25.1 Å². The predicted octanol–water partition coefficient (Wildman–Crippen LogP) is 4.77. The molecule has 3 aromatic rings. The first kappa shape index (κ1) is 17.9. The normalized spacial score (nSPS) is 16.1. The second-order valence-electron chi connectivity index (χ2n) is 6.56. The summed E-state index contributed by atoms with van der Waals surface area (Å²) >= 11 is 7.22. The number of rotatable bonds is 4. The van der Waals surface area contributed by atoms with Gasteiger partial charge in [0.05, 0.1) is 26.5 Å². The molecule has 1 amide bonds. The fraction of sp³-hybridized carbons (Fsp3) is 0.250. The Balaban J connectivity index is 1.82. The number of hydrogen-bond donors (Lipinski definition) is 1. The van der Waals surface area contributed by atoms with Crippen LogP contribution in [0.4, 0.5) is 5.82 Å². The Hall–Kier alpha value is -2.44. The number of ketones is 1. The summed E-state index contributed by atoms with van der Waals surface area (Å²) in [6.45, 7) is 3.96. The number of anilines is 1. The Kier molecular flexibility index (Phi) is 4.61. The number of nitrogens with one attached hydrogen (secondary N) is 1. The average molecular weight is 400 g/mol. The van der Waals surface area contributed by atoms with Gasteiger partial charge in [-0.2, -0.15) is 5.10 Å². The van der Waals surface area contributed by atoms with Gasteiger partial charge in [0.1, 0.15) is 5.82 Å². The zero-order valence-electron chi connectivity index (χ0n) is 15.0. The molecule has 27 heavy (non-hydrogen) atoms. The van der Waals surface area contributed by atoms with Crippen LogP contribution in [0.1, 0.15) is 45.8 Å². The molecule has 138 valence electrons. The number of nitrogens with zero attached hydrogens (tertiary/aromatic N) is 2. The third-order valence-electron chi connectivity index (χ3n) is 4.80. The van der Waals surface area contributed by atoms with Crippen LogP contribution in [0, 0.1) is 6.92 Å². The molecule has 7 heteroatoms. The van der Waals surface area contributed by atoms with Gasteiger partial charge in [-0.25, -0.2) is 4.68 Å². The van der Waals surface area contributed by atoms with Gasteiger partial charge in [-0.1, -0.05) is 30.7 Å². The Morgan fingerprint density at radius 1 is 1.37 bits per heavy atom. The molecule has 1 aromatic carbocycles. The maximum atomic E-state index is 13.1. The number of benzene rings is 1. The summed E-state index contributed by atoms with van der Waals surface area (Å²) < 4.78 is 2.28. The molecule has 1 N–H and O–H groups in total. The molecule has 0 radical (unpaired) electrons. The van der Waals surface area contributed by atoms with E-state index in [4.69, 9.17) is 11.6 Å². The van der Waals surface area contributed by atoms with Crippen LogP contribution in [0.25, 0.3) is 5.69 Å². The number of Topliss-reactive ketones (excluding diaryl/α,β-unsaturated/α-hetero) is 1. The standard InChI is InChI=1S/C20H18ClN3O2S/c1-3-12-5-4-6-13(9-12)24-20-18(11(2)23-24)14(10-17(25)22-20)19(26)15-7-8-16(21)27-15/h4-9,14H,3,10H2,1-2H3,(H,22,25)/t14-/m1/s1. The van der Waals surface area contributed by atoms with Crippen molar-refractivity contribution in [1.82, 2.24) is 9.78 Å². The van der Waals surface area contributed by atoms with Crippen LogP contribution in [-0.4, -0.2) is 21.5 Å². The number of carbonyl (C=O) groups is 2. The Morgan fingerprint density at radius 2 is 2.19 bits per heavy atom. The van der Waals surface area contributed by atoms with Crippen LogP contribution in [-0.2, 0) is 11.2 Å². The summed E-state index contributed by atoms with van der Waals surface area (Å²) in [7, 11) is 0. The van der Waals surface area contributed by atoms with E-state index in [2.05, 4.69) is 23.4 Å². The number of amides is 1. The van der Waals surface area contributed by atoms with Crippen LogP contribution < -0.4 is 5.32 Å². The topological polar surface area (TPSA) is 64.0 Å².